The molecule has 1 aromatic carbocycles. The first-order chi connectivity index (χ1) is 11.1. The van der Waals surface area contributed by atoms with Gasteiger partial charge in [0.1, 0.15) is 5.76 Å². The molecule has 0 N–H and O–H groups in total. The van der Waals surface area contributed by atoms with Crippen molar-refractivity contribution in [3.05, 3.63) is 65.0 Å². The molecule has 2 rings (SSSR count). The molecule has 0 bridgehead atoms. The first kappa shape index (κ1) is 18.8. The molecule has 1 atom stereocenters. The van der Waals surface area contributed by atoms with Crippen molar-refractivity contribution < 1.29 is 4.43 Å². The van der Waals surface area contributed by atoms with E-state index in [4.69, 9.17) is 4.43 Å². The van der Waals surface area contributed by atoms with Crippen molar-refractivity contribution >= 4 is 13.9 Å². The molecule has 2 heteroatoms. The van der Waals surface area contributed by atoms with Crippen molar-refractivity contribution in [3.8, 4) is 0 Å². The zero-order valence-electron chi connectivity index (χ0n) is 16.4. The molecule has 0 aromatic heterocycles. The highest BCUT2D eigenvalue weighted by molar-refractivity contribution is 6.70. The van der Waals surface area contributed by atoms with Gasteiger partial charge in [-0.3, -0.25) is 0 Å². The molecule has 1 nitrogen and oxygen atoms in total. The summed E-state index contributed by atoms with van der Waals surface area (Å²) < 4.78 is 6.42. The molecule has 1 aromatic rings. The molecule has 0 saturated heterocycles. The molecule has 0 heterocycles. The molecule has 1 aliphatic rings. The molecular weight excluding hydrogens is 308 g/mol. The van der Waals surface area contributed by atoms with Gasteiger partial charge in [-0.05, 0) is 74.2 Å². The predicted molar refractivity (Wildman–Crippen MR) is 109 cm³/mol. The molecule has 1 aliphatic carbocycles. The lowest BCUT2D eigenvalue weighted by Gasteiger charge is -2.31. The van der Waals surface area contributed by atoms with Crippen LogP contribution in [0.3, 0.4) is 0 Å². The lowest BCUT2D eigenvalue weighted by Crippen LogP contribution is -2.26. The highest BCUT2D eigenvalue weighted by Gasteiger charge is 2.27. The van der Waals surface area contributed by atoms with E-state index in [1.165, 1.54) is 27.8 Å². The first-order valence-corrected chi connectivity index (χ1v) is 12.4. The van der Waals surface area contributed by atoms with E-state index in [1.54, 1.807) is 0 Å². The van der Waals surface area contributed by atoms with Crippen LogP contribution in [0.4, 0.5) is 0 Å². The highest BCUT2D eigenvalue weighted by Crippen LogP contribution is 2.41. The predicted octanol–water partition coefficient (Wildman–Crippen LogP) is 6.91. The third-order valence-electron chi connectivity index (χ3n) is 4.56. The minimum atomic E-state index is -1.65. The van der Waals surface area contributed by atoms with Crippen LogP contribution < -0.4 is 0 Å². The number of benzene rings is 1. The summed E-state index contributed by atoms with van der Waals surface area (Å²) >= 11 is 0. The number of hydrogen-bond donors (Lipinski definition) is 0. The number of allylic oxidation sites excluding steroid dienone is 4. The largest absolute Gasteiger partial charge is 0.544 e. The van der Waals surface area contributed by atoms with Crippen LogP contribution in [-0.2, 0) is 4.43 Å². The van der Waals surface area contributed by atoms with Gasteiger partial charge in [0, 0.05) is 5.92 Å². The Morgan fingerprint density at radius 3 is 2.38 bits per heavy atom. The van der Waals surface area contributed by atoms with Gasteiger partial charge in [-0.2, -0.15) is 0 Å². The van der Waals surface area contributed by atoms with Crippen LogP contribution in [0.5, 0.6) is 0 Å². The van der Waals surface area contributed by atoms with Gasteiger partial charge < -0.3 is 4.43 Å². The van der Waals surface area contributed by atoms with Gasteiger partial charge in [-0.1, -0.05) is 50.3 Å². The van der Waals surface area contributed by atoms with Crippen molar-refractivity contribution in [1.82, 2.24) is 0 Å². The van der Waals surface area contributed by atoms with Crippen molar-refractivity contribution in [2.24, 2.45) is 5.92 Å². The van der Waals surface area contributed by atoms with Gasteiger partial charge in [0.15, 0.2) is 0 Å². The van der Waals surface area contributed by atoms with Crippen LogP contribution >= 0.6 is 0 Å². The summed E-state index contributed by atoms with van der Waals surface area (Å²) in [6.07, 6.45) is 3.31. The number of hydrogen-bond acceptors (Lipinski definition) is 1. The molecule has 0 saturated carbocycles. The summed E-state index contributed by atoms with van der Waals surface area (Å²) in [4.78, 5) is 0. The van der Waals surface area contributed by atoms with Gasteiger partial charge in [0.2, 0.25) is 8.32 Å². The monoisotopic (exact) mass is 340 g/mol. The summed E-state index contributed by atoms with van der Waals surface area (Å²) in [5.41, 5.74) is 6.72. The van der Waals surface area contributed by atoms with Gasteiger partial charge in [0.05, 0.1) is 0 Å². The Hall–Kier alpha value is -1.54. The van der Waals surface area contributed by atoms with Gasteiger partial charge in [-0.25, -0.2) is 0 Å². The molecule has 0 fully saturated rings. The van der Waals surface area contributed by atoms with Gasteiger partial charge in [-0.15, -0.1) is 0 Å². The van der Waals surface area contributed by atoms with Crippen LogP contribution in [0, 0.1) is 5.92 Å². The van der Waals surface area contributed by atoms with Gasteiger partial charge >= 0.3 is 0 Å². The molecule has 0 aliphatic heterocycles. The molecular formula is C22H32OSi. The minimum Gasteiger partial charge on any atom is -0.544 e. The first-order valence-electron chi connectivity index (χ1n) is 8.96. The molecule has 24 heavy (non-hydrogen) atoms. The van der Waals surface area contributed by atoms with E-state index < -0.39 is 8.32 Å². The van der Waals surface area contributed by atoms with Crippen LogP contribution in [0.2, 0.25) is 19.6 Å². The van der Waals surface area contributed by atoms with E-state index in [2.05, 4.69) is 84.3 Å². The van der Waals surface area contributed by atoms with Crippen LogP contribution in [-0.4, -0.2) is 8.32 Å². The zero-order chi connectivity index (χ0) is 18.1. The fourth-order valence-electron chi connectivity index (χ4n) is 3.23. The van der Waals surface area contributed by atoms with Crippen LogP contribution in [0.1, 0.15) is 51.2 Å². The second kappa shape index (κ2) is 7.14. The van der Waals surface area contributed by atoms with Gasteiger partial charge in [0.25, 0.3) is 0 Å². The van der Waals surface area contributed by atoms with E-state index in [9.17, 15) is 0 Å². The summed E-state index contributed by atoms with van der Waals surface area (Å²) in [6, 6.07) is 8.81. The molecule has 130 valence electrons. The average Bonchev–Trinajstić information content (AvgIpc) is 2.47. The normalized spacial score (nSPS) is 18.7. The lowest BCUT2D eigenvalue weighted by molar-refractivity contribution is 0.423. The number of rotatable bonds is 5. The van der Waals surface area contributed by atoms with E-state index in [-0.39, 0.29) is 0 Å². The Balaban J connectivity index is 2.57. The Bertz CT molecular complexity index is 686. The third kappa shape index (κ3) is 4.30. The smallest absolute Gasteiger partial charge is 0.242 e. The fourth-order valence-corrected chi connectivity index (χ4v) is 4.11. The summed E-state index contributed by atoms with van der Waals surface area (Å²) in [7, 11) is -1.65. The minimum absolute atomic E-state index is 0.357. The molecule has 0 spiro atoms. The quantitative estimate of drug-likeness (QED) is 0.418. The maximum atomic E-state index is 6.42. The van der Waals surface area contributed by atoms with E-state index in [1.807, 2.05) is 0 Å². The van der Waals surface area contributed by atoms with Crippen LogP contribution in [0.25, 0.3) is 5.57 Å². The third-order valence-corrected chi connectivity index (χ3v) is 5.39. The second-order valence-electron chi connectivity index (χ2n) is 8.25. The second-order valence-corrected chi connectivity index (χ2v) is 12.7. The standard InChI is InChI=1S/C22H32OSi/c1-15(2)18-13-21(17(5)22(14-18)23-24(6,7)8)20-12-10-9-11-19(20)16(3)4/h9-12,14,16,18H,1,13H2,2-8H3/t18-/m0/s1. The van der Waals surface area contributed by atoms with Crippen molar-refractivity contribution in [3.63, 3.8) is 0 Å². The Labute approximate surface area is 149 Å². The lowest BCUT2D eigenvalue weighted by atomic mass is 9.80. The molecule has 0 radical (unpaired) electrons. The van der Waals surface area contributed by atoms with Crippen molar-refractivity contribution in [1.29, 1.82) is 0 Å². The van der Waals surface area contributed by atoms with Crippen LogP contribution in [0.15, 0.2) is 53.8 Å². The maximum Gasteiger partial charge on any atom is 0.242 e. The Morgan fingerprint density at radius 2 is 1.83 bits per heavy atom. The maximum absolute atomic E-state index is 6.42. The average molecular weight is 341 g/mol. The fraction of sp³-hybridized carbons (Fsp3) is 0.455. The summed E-state index contributed by atoms with van der Waals surface area (Å²) in [5.74, 6) is 1.94. The Morgan fingerprint density at radius 1 is 1.21 bits per heavy atom. The molecule has 0 amide bonds. The SMILES string of the molecule is C=C(C)[C@@H]1C=C(O[Si](C)(C)C)C(C)=C(c2ccccc2C(C)C)C1. The Kier molecular flexibility index (Phi) is 5.59. The van der Waals surface area contributed by atoms with Crippen molar-refractivity contribution in [2.75, 3.05) is 0 Å². The van der Waals surface area contributed by atoms with E-state index in [0.29, 0.717) is 11.8 Å². The summed E-state index contributed by atoms with van der Waals surface area (Å²) in [6.45, 7) is 19.8. The highest BCUT2D eigenvalue weighted by atomic mass is 28.4. The topological polar surface area (TPSA) is 9.23 Å². The van der Waals surface area contributed by atoms with Crippen molar-refractivity contribution in [2.45, 2.75) is 59.7 Å². The molecule has 0 unspecified atom stereocenters. The van der Waals surface area contributed by atoms with E-state index >= 15 is 0 Å². The van der Waals surface area contributed by atoms with E-state index in [0.717, 1.165) is 12.2 Å². The summed E-state index contributed by atoms with van der Waals surface area (Å²) in [5, 5.41) is 0. The zero-order valence-corrected chi connectivity index (χ0v) is 17.4.